The SMILES string of the molecule is C=C(Cl)C(NC=O)=C(C)Cl. The molecule has 0 aromatic rings. The van der Waals surface area contributed by atoms with Gasteiger partial charge in [-0.3, -0.25) is 4.79 Å². The Morgan fingerprint density at radius 1 is 1.60 bits per heavy atom. The molecule has 56 valence electrons. The first-order valence-electron chi connectivity index (χ1n) is 2.51. The van der Waals surface area contributed by atoms with Crippen molar-refractivity contribution >= 4 is 29.6 Å². The molecule has 0 saturated carbocycles. The lowest BCUT2D eigenvalue weighted by Crippen LogP contribution is -2.10. The fourth-order valence-electron chi connectivity index (χ4n) is 0.424. The molecule has 0 spiro atoms. The zero-order chi connectivity index (χ0) is 8.15. The summed E-state index contributed by atoms with van der Waals surface area (Å²) in [6.45, 7) is 5.01. The minimum Gasteiger partial charge on any atom is -0.326 e. The van der Waals surface area contributed by atoms with Gasteiger partial charge < -0.3 is 5.32 Å². The second-order valence-corrected chi connectivity index (χ2v) is 2.60. The van der Waals surface area contributed by atoms with Crippen molar-refractivity contribution in [3.05, 3.63) is 22.3 Å². The van der Waals surface area contributed by atoms with Crippen molar-refractivity contribution in [3.63, 3.8) is 0 Å². The summed E-state index contributed by atoms with van der Waals surface area (Å²) in [5.41, 5.74) is 0.360. The predicted octanol–water partition coefficient (Wildman–Crippen LogP) is 1.96. The number of rotatable bonds is 3. The van der Waals surface area contributed by atoms with Crippen molar-refractivity contribution in [2.75, 3.05) is 0 Å². The Hall–Kier alpha value is -0.470. The molecule has 0 aliphatic carbocycles. The van der Waals surface area contributed by atoms with Crippen LogP contribution in [-0.2, 0) is 4.79 Å². The van der Waals surface area contributed by atoms with E-state index in [1.165, 1.54) is 0 Å². The van der Waals surface area contributed by atoms with E-state index in [2.05, 4.69) is 11.9 Å². The molecular weight excluding hydrogens is 173 g/mol. The van der Waals surface area contributed by atoms with Gasteiger partial charge in [0.2, 0.25) is 6.41 Å². The Bertz CT molecular complexity index is 182. The molecule has 2 nitrogen and oxygen atoms in total. The number of nitrogens with one attached hydrogen (secondary N) is 1. The molecule has 0 unspecified atom stereocenters. The third-order valence-corrected chi connectivity index (χ3v) is 1.20. The molecule has 1 N–H and O–H groups in total. The Labute approximate surface area is 69.5 Å². The van der Waals surface area contributed by atoms with Gasteiger partial charge in [-0.2, -0.15) is 0 Å². The third-order valence-electron chi connectivity index (χ3n) is 0.819. The summed E-state index contributed by atoms with van der Waals surface area (Å²) >= 11 is 11.0. The molecule has 0 bridgehead atoms. The van der Waals surface area contributed by atoms with Gasteiger partial charge in [-0.15, -0.1) is 0 Å². The normalized spacial score (nSPS) is 11.9. The van der Waals surface area contributed by atoms with E-state index in [4.69, 9.17) is 23.2 Å². The lowest BCUT2D eigenvalue weighted by atomic mass is 10.4. The summed E-state index contributed by atoms with van der Waals surface area (Å²) < 4.78 is 0. The molecule has 0 aliphatic rings. The highest BCUT2D eigenvalue weighted by Crippen LogP contribution is 2.15. The van der Waals surface area contributed by atoms with Crippen LogP contribution in [0.4, 0.5) is 0 Å². The van der Waals surface area contributed by atoms with Gasteiger partial charge in [0.15, 0.2) is 0 Å². The van der Waals surface area contributed by atoms with Crippen molar-refractivity contribution in [2.45, 2.75) is 6.92 Å². The lowest BCUT2D eigenvalue weighted by molar-refractivity contribution is -0.108. The summed E-state index contributed by atoms with van der Waals surface area (Å²) in [4.78, 5) is 9.92. The zero-order valence-electron chi connectivity index (χ0n) is 5.45. The molecule has 0 aliphatic heterocycles. The zero-order valence-corrected chi connectivity index (χ0v) is 6.96. The molecule has 0 aromatic carbocycles. The maximum absolute atomic E-state index is 9.92. The van der Waals surface area contributed by atoms with E-state index < -0.39 is 0 Å². The molecule has 0 saturated heterocycles. The number of hydrogen-bond donors (Lipinski definition) is 1. The van der Waals surface area contributed by atoms with Crippen LogP contribution in [0, 0.1) is 0 Å². The van der Waals surface area contributed by atoms with Crippen LogP contribution in [-0.4, -0.2) is 6.41 Å². The third kappa shape index (κ3) is 2.90. The van der Waals surface area contributed by atoms with Gasteiger partial charge in [0.05, 0.1) is 10.7 Å². The van der Waals surface area contributed by atoms with Crippen LogP contribution in [0.1, 0.15) is 6.92 Å². The molecule has 0 aromatic heterocycles. The van der Waals surface area contributed by atoms with Gasteiger partial charge in [-0.25, -0.2) is 0 Å². The Morgan fingerprint density at radius 3 is 2.20 bits per heavy atom. The summed E-state index contributed by atoms with van der Waals surface area (Å²) in [6.07, 6.45) is 0.495. The first-order chi connectivity index (χ1) is 4.59. The standard InChI is InChI=1S/C6H7Cl2NO/c1-4(7)6(5(2)8)9-3-10/h3H,1H2,2H3,(H,9,10). The molecule has 4 heteroatoms. The molecule has 0 rings (SSSR count). The molecule has 0 radical (unpaired) electrons. The monoisotopic (exact) mass is 179 g/mol. The number of halogens is 2. The van der Waals surface area contributed by atoms with Gasteiger partial charge >= 0.3 is 0 Å². The van der Waals surface area contributed by atoms with Gasteiger partial charge in [-0.05, 0) is 6.92 Å². The van der Waals surface area contributed by atoms with Gasteiger partial charge in [0.25, 0.3) is 0 Å². The quantitative estimate of drug-likeness (QED) is 0.521. The van der Waals surface area contributed by atoms with Crippen molar-refractivity contribution < 1.29 is 4.79 Å². The van der Waals surface area contributed by atoms with E-state index >= 15 is 0 Å². The summed E-state index contributed by atoms with van der Waals surface area (Å²) in [5.74, 6) is 0. The maximum atomic E-state index is 9.92. The topological polar surface area (TPSA) is 29.1 Å². The molecule has 0 atom stereocenters. The van der Waals surface area contributed by atoms with E-state index in [-0.39, 0.29) is 5.03 Å². The minimum atomic E-state index is 0.222. The van der Waals surface area contributed by atoms with Gasteiger partial charge in [0, 0.05) is 5.03 Å². The highest BCUT2D eigenvalue weighted by atomic mass is 35.5. The Balaban J connectivity index is 4.42. The Morgan fingerprint density at radius 2 is 2.10 bits per heavy atom. The van der Waals surface area contributed by atoms with E-state index in [1.54, 1.807) is 6.92 Å². The maximum Gasteiger partial charge on any atom is 0.211 e. The highest BCUT2D eigenvalue weighted by molar-refractivity contribution is 6.35. The van der Waals surface area contributed by atoms with Crippen molar-refractivity contribution in [1.82, 2.24) is 5.32 Å². The average Bonchev–Trinajstić information content (AvgIpc) is 1.81. The van der Waals surface area contributed by atoms with Crippen LogP contribution >= 0.6 is 23.2 Å². The summed E-state index contributed by atoms with van der Waals surface area (Å²) in [7, 11) is 0. The molecule has 0 heterocycles. The molecule has 1 amide bonds. The first-order valence-corrected chi connectivity index (χ1v) is 3.26. The lowest BCUT2D eigenvalue weighted by Gasteiger charge is -2.02. The smallest absolute Gasteiger partial charge is 0.211 e. The van der Waals surface area contributed by atoms with Crippen LogP contribution in [0.25, 0.3) is 0 Å². The minimum absolute atomic E-state index is 0.222. The van der Waals surface area contributed by atoms with Crippen LogP contribution in [0.2, 0.25) is 0 Å². The van der Waals surface area contributed by atoms with E-state index in [0.717, 1.165) is 0 Å². The van der Waals surface area contributed by atoms with E-state index in [1.807, 2.05) is 0 Å². The van der Waals surface area contributed by atoms with Gasteiger partial charge in [0.1, 0.15) is 0 Å². The van der Waals surface area contributed by atoms with Crippen molar-refractivity contribution in [3.8, 4) is 0 Å². The fourth-order valence-corrected chi connectivity index (χ4v) is 0.837. The predicted molar refractivity (Wildman–Crippen MR) is 42.7 cm³/mol. The number of carbonyl (C=O) groups is 1. The average molecular weight is 180 g/mol. The van der Waals surface area contributed by atoms with Crippen molar-refractivity contribution in [1.29, 1.82) is 0 Å². The molecular formula is C6H7Cl2NO. The second-order valence-electron chi connectivity index (χ2n) is 1.58. The van der Waals surface area contributed by atoms with E-state index in [9.17, 15) is 4.79 Å². The van der Waals surface area contributed by atoms with Crippen LogP contribution in [0.3, 0.4) is 0 Å². The van der Waals surface area contributed by atoms with Crippen LogP contribution in [0.15, 0.2) is 22.3 Å². The van der Waals surface area contributed by atoms with Crippen LogP contribution in [0.5, 0.6) is 0 Å². The van der Waals surface area contributed by atoms with E-state index in [0.29, 0.717) is 17.1 Å². The number of carbonyl (C=O) groups excluding carboxylic acids is 1. The summed E-state index contributed by atoms with van der Waals surface area (Å²) in [5, 5.41) is 2.95. The van der Waals surface area contributed by atoms with Gasteiger partial charge in [-0.1, -0.05) is 29.8 Å². The summed E-state index contributed by atoms with van der Waals surface area (Å²) in [6, 6.07) is 0. The first kappa shape index (κ1) is 9.53. The fraction of sp³-hybridized carbons (Fsp3) is 0.167. The number of amides is 1. The Kier molecular flexibility index (Phi) is 4.16. The molecule has 0 fully saturated rings. The molecule has 10 heavy (non-hydrogen) atoms. The number of hydrogen-bond acceptors (Lipinski definition) is 1. The number of allylic oxidation sites excluding steroid dienone is 2. The van der Waals surface area contributed by atoms with Crippen LogP contribution < -0.4 is 5.32 Å². The largest absolute Gasteiger partial charge is 0.326 e. The second kappa shape index (κ2) is 4.36. The van der Waals surface area contributed by atoms with Crippen molar-refractivity contribution in [2.24, 2.45) is 0 Å². The highest BCUT2D eigenvalue weighted by Gasteiger charge is 2.00.